The number of nitro benzene ring substituents is 1. The van der Waals surface area contributed by atoms with E-state index < -0.39 is 22.7 Å². The number of rotatable bonds is 7. The lowest BCUT2D eigenvalue weighted by molar-refractivity contribution is -0.384. The second kappa shape index (κ2) is 10.7. The number of benzene rings is 3. The van der Waals surface area contributed by atoms with E-state index in [4.69, 9.17) is 11.6 Å². The minimum absolute atomic E-state index is 0.138. The van der Waals surface area contributed by atoms with Crippen molar-refractivity contribution in [2.75, 3.05) is 4.90 Å². The van der Waals surface area contributed by atoms with Crippen molar-refractivity contribution in [3.05, 3.63) is 116 Å². The molecule has 1 unspecified atom stereocenters. The Kier molecular flexibility index (Phi) is 7.23. The van der Waals surface area contributed by atoms with Crippen LogP contribution in [-0.4, -0.2) is 31.9 Å². The highest BCUT2D eigenvalue weighted by atomic mass is 35.5. The summed E-state index contributed by atoms with van der Waals surface area (Å²) in [5, 5.41) is 31.4. The highest BCUT2D eigenvalue weighted by molar-refractivity contribution is 8.00. The first-order valence-electron chi connectivity index (χ1n) is 11.1. The summed E-state index contributed by atoms with van der Waals surface area (Å²) in [7, 11) is 0. The van der Waals surface area contributed by atoms with Gasteiger partial charge in [-0.15, -0.1) is 10.2 Å². The van der Waals surface area contributed by atoms with Gasteiger partial charge < -0.3 is 5.11 Å². The molecule has 2 heterocycles. The molecular weight excluding hydrogens is 548 g/mol. The van der Waals surface area contributed by atoms with E-state index in [1.807, 2.05) is 12.1 Å². The Hall–Kier alpha value is -4.06. The molecule has 0 spiro atoms. The Balaban J connectivity index is 1.53. The van der Waals surface area contributed by atoms with Crippen molar-refractivity contribution in [3.8, 4) is 0 Å². The van der Waals surface area contributed by atoms with E-state index in [2.05, 4.69) is 10.2 Å². The number of hydrogen-bond donors (Lipinski definition) is 1. The van der Waals surface area contributed by atoms with Gasteiger partial charge in [0.1, 0.15) is 5.76 Å². The molecular formula is C26H17ClN4O5S2. The molecule has 0 bridgehead atoms. The smallest absolute Gasteiger partial charge is 0.301 e. The third-order valence-electron chi connectivity index (χ3n) is 5.79. The minimum atomic E-state index is -1.06. The number of anilines is 1. The SMILES string of the molecule is O=C1C(=O)N(c2nnc(SCc3ccc(Cl)cc3)s2)C(c2ccc([N+](=O)[O-])cc2)/C1=C(/O)c1ccccc1. The molecule has 0 aliphatic carbocycles. The van der Waals surface area contributed by atoms with E-state index in [0.717, 1.165) is 16.9 Å². The number of thioether (sulfide) groups is 1. The molecule has 1 aliphatic heterocycles. The lowest BCUT2D eigenvalue weighted by Gasteiger charge is -2.22. The monoisotopic (exact) mass is 564 g/mol. The van der Waals surface area contributed by atoms with Crippen LogP contribution >= 0.6 is 34.7 Å². The second-order valence-electron chi connectivity index (χ2n) is 8.15. The zero-order valence-corrected chi connectivity index (χ0v) is 21.7. The predicted octanol–water partition coefficient (Wildman–Crippen LogP) is 6.02. The molecule has 1 N–H and O–H groups in total. The van der Waals surface area contributed by atoms with Crippen LogP contribution in [0.25, 0.3) is 5.76 Å². The quantitative estimate of drug-likeness (QED) is 0.0549. The van der Waals surface area contributed by atoms with Crippen LogP contribution in [-0.2, 0) is 15.3 Å². The molecule has 1 aromatic heterocycles. The number of Topliss-reactive ketones (excluding diaryl/α,β-unsaturated/α-hetero) is 1. The summed E-state index contributed by atoms with van der Waals surface area (Å²) < 4.78 is 0.572. The van der Waals surface area contributed by atoms with E-state index in [1.165, 1.54) is 40.9 Å². The number of nitrogens with zero attached hydrogens (tertiary/aromatic N) is 4. The zero-order chi connectivity index (χ0) is 26.8. The Bertz CT molecular complexity index is 1560. The lowest BCUT2D eigenvalue weighted by atomic mass is 9.95. The van der Waals surface area contributed by atoms with Crippen LogP contribution in [0, 0.1) is 10.1 Å². The number of carbonyl (C=O) groups is 2. The highest BCUT2D eigenvalue weighted by Crippen LogP contribution is 2.44. The normalized spacial score (nSPS) is 16.7. The largest absolute Gasteiger partial charge is 0.507 e. The number of hydrogen-bond acceptors (Lipinski definition) is 9. The number of aromatic nitrogens is 2. The molecule has 3 aromatic carbocycles. The first-order chi connectivity index (χ1) is 18.3. The first-order valence-corrected chi connectivity index (χ1v) is 13.3. The van der Waals surface area contributed by atoms with E-state index in [1.54, 1.807) is 42.5 Å². The van der Waals surface area contributed by atoms with Crippen LogP contribution in [0.5, 0.6) is 0 Å². The summed E-state index contributed by atoms with van der Waals surface area (Å²) in [5.74, 6) is -1.53. The van der Waals surface area contributed by atoms with Gasteiger partial charge in [0.15, 0.2) is 4.34 Å². The molecule has 0 radical (unpaired) electrons. The molecule has 4 aromatic rings. The Labute approximate surface area is 229 Å². The summed E-state index contributed by atoms with van der Waals surface area (Å²) >= 11 is 8.48. The van der Waals surface area contributed by atoms with Gasteiger partial charge in [-0.1, -0.05) is 77.2 Å². The van der Waals surface area contributed by atoms with Crippen molar-refractivity contribution < 1.29 is 19.6 Å². The molecule has 38 heavy (non-hydrogen) atoms. The summed E-state index contributed by atoms with van der Waals surface area (Å²) in [6.45, 7) is 0. The number of aliphatic hydroxyl groups excluding tert-OH is 1. The van der Waals surface area contributed by atoms with Crippen LogP contribution in [0.3, 0.4) is 0 Å². The third-order valence-corrected chi connectivity index (χ3v) is 8.17. The summed E-state index contributed by atoms with van der Waals surface area (Å²) in [6, 6.07) is 20.2. The van der Waals surface area contributed by atoms with Gasteiger partial charge in [0.05, 0.1) is 16.5 Å². The van der Waals surface area contributed by atoms with Crippen molar-refractivity contribution >= 4 is 63.0 Å². The molecule has 1 aliphatic rings. The molecule has 190 valence electrons. The van der Waals surface area contributed by atoms with Gasteiger partial charge >= 0.3 is 5.91 Å². The fourth-order valence-corrected chi connectivity index (χ4v) is 5.91. The maximum Gasteiger partial charge on any atom is 0.301 e. The van der Waals surface area contributed by atoms with Crippen molar-refractivity contribution in [2.24, 2.45) is 0 Å². The standard InChI is InChI=1S/C26H17ClN4O5S2/c27-18-10-6-15(7-11-18)14-37-26-29-28-25(38-26)30-21(16-8-12-19(13-9-16)31(35)36)20(23(33)24(30)34)22(32)17-4-2-1-3-5-17/h1-13,21,32H,14H2/b22-20-. The molecule has 5 rings (SSSR count). The maximum atomic E-state index is 13.3. The summed E-state index contributed by atoms with van der Waals surface area (Å²) in [5.41, 5.74) is 1.49. The molecule has 1 atom stereocenters. The van der Waals surface area contributed by atoms with Gasteiger partial charge in [-0.2, -0.15) is 0 Å². The van der Waals surface area contributed by atoms with Gasteiger partial charge in [-0.05, 0) is 35.4 Å². The first kappa shape index (κ1) is 25.6. The number of carbonyl (C=O) groups excluding carboxylic acids is 2. The Morgan fingerprint density at radius 1 is 1.03 bits per heavy atom. The predicted molar refractivity (Wildman–Crippen MR) is 145 cm³/mol. The average Bonchev–Trinajstić information content (AvgIpc) is 3.50. The van der Waals surface area contributed by atoms with E-state index in [-0.39, 0.29) is 22.2 Å². The fourth-order valence-electron chi connectivity index (χ4n) is 3.96. The van der Waals surface area contributed by atoms with Gasteiger partial charge in [0.25, 0.3) is 11.5 Å². The van der Waals surface area contributed by atoms with Crippen molar-refractivity contribution in [2.45, 2.75) is 16.1 Å². The van der Waals surface area contributed by atoms with Gasteiger partial charge in [-0.25, -0.2) is 0 Å². The second-order valence-corrected chi connectivity index (χ2v) is 10.8. The Morgan fingerprint density at radius 3 is 2.37 bits per heavy atom. The molecule has 1 saturated heterocycles. The van der Waals surface area contributed by atoms with Crippen molar-refractivity contribution in [3.63, 3.8) is 0 Å². The maximum absolute atomic E-state index is 13.3. The Morgan fingerprint density at radius 2 is 1.71 bits per heavy atom. The number of aliphatic hydroxyl groups is 1. The zero-order valence-electron chi connectivity index (χ0n) is 19.4. The molecule has 1 fully saturated rings. The molecule has 1 amide bonds. The van der Waals surface area contributed by atoms with E-state index in [0.29, 0.717) is 26.2 Å². The number of non-ortho nitro benzene ring substituents is 1. The summed E-state index contributed by atoms with van der Waals surface area (Å²) in [6.07, 6.45) is 0. The van der Waals surface area contributed by atoms with Crippen molar-refractivity contribution in [1.82, 2.24) is 10.2 Å². The molecule has 12 heteroatoms. The van der Waals surface area contributed by atoms with Crippen molar-refractivity contribution in [1.29, 1.82) is 0 Å². The third kappa shape index (κ3) is 5.03. The van der Waals surface area contributed by atoms with Crippen LogP contribution in [0.2, 0.25) is 5.02 Å². The van der Waals surface area contributed by atoms with Gasteiger partial charge in [-0.3, -0.25) is 24.6 Å². The van der Waals surface area contributed by atoms with Crippen LogP contribution < -0.4 is 4.90 Å². The number of nitro groups is 1. The highest BCUT2D eigenvalue weighted by Gasteiger charge is 2.48. The topological polar surface area (TPSA) is 127 Å². The van der Waals surface area contributed by atoms with E-state index >= 15 is 0 Å². The molecule has 0 saturated carbocycles. The van der Waals surface area contributed by atoms with Gasteiger partial charge in [0.2, 0.25) is 5.13 Å². The van der Waals surface area contributed by atoms with Gasteiger partial charge in [0, 0.05) is 28.5 Å². The average molecular weight is 565 g/mol. The minimum Gasteiger partial charge on any atom is -0.507 e. The molecule has 9 nitrogen and oxygen atoms in total. The van der Waals surface area contributed by atoms with Crippen LogP contribution in [0.15, 0.2) is 88.8 Å². The van der Waals surface area contributed by atoms with E-state index in [9.17, 15) is 24.8 Å². The fraction of sp³-hybridized carbons (Fsp3) is 0.0769. The summed E-state index contributed by atoms with van der Waals surface area (Å²) in [4.78, 5) is 38.3. The number of amides is 1. The number of halogens is 1. The lowest BCUT2D eigenvalue weighted by Crippen LogP contribution is -2.29. The van der Waals surface area contributed by atoms with Crippen LogP contribution in [0.1, 0.15) is 22.7 Å². The van der Waals surface area contributed by atoms with Crippen LogP contribution in [0.4, 0.5) is 10.8 Å². The number of ketones is 1.